The number of fused-ring (bicyclic) bond motifs is 1. The SMILES string of the molecule is CCOc1cccc(-c2cc(C(=O)O)c3cc(OCC)ccc3n2)c1. The maximum atomic E-state index is 11.7. The van der Waals surface area contributed by atoms with Crippen molar-refractivity contribution >= 4 is 16.9 Å². The number of benzene rings is 2. The number of hydrogen-bond donors (Lipinski definition) is 1. The number of hydrogen-bond acceptors (Lipinski definition) is 4. The molecule has 0 saturated carbocycles. The first-order chi connectivity index (χ1) is 12.1. The zero-order valence-corrected chi connectivity index (χ0v) is 14.2. The van der Waals surface area contributed by atoms with Crippen LogP contribution in [-0.2, 0) is 0 Å². The predicted octanol–water partition coefficient (Wildman–Crippen LogP) is 4.40. The van der Waals surface area contributed by atoms with E-state index in [0.29, 0.717) is 35.6 Å². The molecule has 0 saturated heterocycles. The smallest absolute Gasteiger partial charge is 0.336 e. The van der Waals surface area contributed by atoms with Gasteiger partial charge in [0, 0.05) is 10.9 Å². The molecule has 0 atom stereocenters. The van der Waals surface area contributed by atoms with Crippen molar-refractivity contribution in [2.24, 2.45) is 0 Å². The molecule has 0 aliphatic rings. The Kier molecular flexibility index (Phi) is 4.84. The van der Waals surface area contributed by atoms with E-state index in [1.54, 1.807) is 24.3 Å². The van der Waals surface area contributed by atoms with Crippen LogP contribution in [0.3, 0.4) is 0 Å². The van der Waals surface area contributed by atoms with Crippen LogP contribution >= 0.6 is 0 Å². The summed E-state index contributed by atoms with van der Waals surface area (Å²) in [4.78, 5) is 16.4. The molecule has 5 heteroatoms. The minimum absolute atomic E-state index is 0.198. The van der Waals surface area contributed by atoms with E-state index < -0.39 is 5.97 Å². The van der Waals surface area contributed by atoms with Gasteiger partial charge in [-0.3, -0.25) is 0 Å². The van der Waals surface area contributed by atoms with Gasteiger partial charge in [-0.25, -0.2) is 9.78 Å². The molecule has 3 rings (SSSR count). The van der Waals surface area contributed by atoms with Gasteiger partial charge >= 0.3 is 5.97 Å². The Morgan fingerprint density at radius 2 is 1.72 bits per heavy atom. The molecule has 0 amide bonds. The number of pyridine rings is 1. The highest BCUT2D eigenvalue weighted by molar-refractivity contribution is 6.04. The van der Waals surface area contributed by atoms with Gasteiger partial charge in [-0.15, -0.1) is 0 Å². The molecule has 1 aromatic heterocycles. The van der Waals surface area contributed by atoms with Gasteiger partial charge in [-0.1, -0.05) is 12.1 Å². The molecule has 128 valence electrons. The average Bonchev–Trinajstić information content (AvgIpc) is 2.61. The Hall–Kier alpha value is -3.08. The summed E-state index contributed by atoms with van der Waals surface area (Å²) >= 11 is 0. The Labute approximate surface area is 145 Å². The first kappa shape index (κ1) is 16.8. The van der Waals surface area contributed by atoms with Crippen LogP contribution in [-0.4, -0.2) is 29.3 Å². The van der Waals surface area contributed by atoms with Crippen LogP contribution in [0.1, 0.15) is 24.2 Å². The first-order valence-corrected chi connectivity index (χ1v) is 8.16. The summed E-state index contributed by atoms with van der Waals surface area (Å²) in [5.41, 5.74) is 2.21. The maximum absolute atomic E-state index is 11.7. The van der Waals surface area contributed by atoms with Crippen molar-refractivity contribution < 1.29 is 19.4 Å². The fourth-order valence-electron chi connectivity index (χ4n) is 2.70. The number of ether oxygens (including phenoxy) is 2. The quantitative estimate of drug-likeness (QED) is 0.722. The van der Waals surface area contributed by atoms with E-state index in [1.165, 1.54) is 0 Å². The standard InChI is InChI=1S/C20H19NO4/c1-3-24-14-7-5-6-13(10-14)19-12-17(20(22)23)16-11-15(25-4-2)8-9-18(16)21-19/h5-12H,3-4H2,1-2H3,(H,22,23). The van der Waals surface area contributed by atoms with Gasteiger partial charge in [0.2, 0.25) is 0 Å². The molecule has 0 aliphatic carbocycles. The molecule has 3 aromatic rings. The summed E-state index contributed by atoms with van der Waals surface area (Å²) in [6.07, 6.45) is 0. The molecule has 5 nitrogen and oxygen atoms in total. The summed E-state index contributed by atoms with van der Waals surface area (Å²) in [6.45, 7) is 4.88. The van der Waals surface area contributed by atoms with E-state index >= 15 is 0 Å². The van der Waals surface area contributed by atoms with Crippen LogP contribution < -0.4 is 9.47 Å². The van der Waals surface area contributed by atoms with Crippen LogP contribution in [0.4, 0.5) is 0 Å². The number of aromatic nitrogens is 1. The molecule has 25 heavy (non-hydrogen) atoms. The number of carboxylic acid groups (broad SMARTS) is 1. The lowest BCUT2D eigenvalue weighted by molar-refractivity contribution is 0.0699. The molecule has 0 fully saturated rings. The van der Waals surface area contributed by atoms with Crippen LogP contribution in [0.15, 0.2) is 48.5 Å². The van der Waals surface area contributed by atoms with Crippen LogP contribution in [0.25, 0.3) is 22.2 Å². The minimum Gasteiger partial charge on any atom is -0.494 e. The van der Waals surface area contributed by atoms with Crippen molar-refractivity contribution in [3.05, 3.63) is 54.1 Å². The van der Waals surface area contributed by atoms with E-state index in [1.807, 2.05) is 38.1 Å². The lowest BCUT2D eigenvalue weighted by Crippen LogP contribution is -2.01. The molecule has 0 spiro atoms. The highest BCUT2D eigenvalue weighted by Crippen LogP contribution is 2.29. The van der Waals surface area contributed by atoms with Crippen molar-refractivity contribution in [1.29, 1.82) is 0 Å². The van der Waals surface area contributed by atoms with Crippen molar-refractivity contribution in [3.63, 3.8) is 0 Å². The zero-order chi connectivity index (χ0) is 17.8. The van der Waals surface area contributed by atoms with Crippen molar-refractivity contribution in [2.75, 3.05) is 13.2 Å². The normalized spacial score (nSPS) is 10.6. The molecule has 0 aliphatic heterocycles. The van der Waals surface area contributed by atoms with Gasteiger partial charge < -0.3 is 14.6 Å². The summed E-state index contributed by atoms with van der Waals surface area (Å²) < 4.78 is 11.0. The monoisotopic (exact) mass is 337 g/mol. The van der Waals surface area contributed by atoms with Gasteiger partial charge in [0.15, 0.2) is 0 Å². The summed E-state index contributed by atoms with van der Waals surface area (Å²) in [6, 6.07) is 14.4. The number of aromatic carboxylic acids is 1. The highest BCUT2D eigenvalue weighted by atomic mass is 16.5. The second-order valence-corrected chi connectivity index (χ2v) is 5.43. The lowest BCUT2D eigenvalue weighted by atomic mass is 10.0. The van der Waals surface area contributed by atoms with Crippen LogP contribution in [0, 0.1) is 0 Å². The Morgan fingerprint density at radius 1 is 1.00 bits per heavy atom. The molecular formula is C20H19NO4. The van der Waals surface area contributed by atoms with E-state index in [4.69, 9.17) is 9.47 Å². The van der Waals surface area contributed by atoms with Crippen molar-refractivity contribution in [2.45, 2.75) is 13.8 Å². The molecule has 2 aromatic carbocycles. The fraction of sp³-hybridized carbons (Fsp3) is 0.200. The Balaban J connectivity index is 2.15. The van der Waals surface area contributed by atoms with Gasteiger partial charge in [0.05, 0.1) is 30.0 Å². The van der Waals surface area contributed by atoms with Gasteiger partial charge in [0.1, 0.15) is 11.5 Å². The van der Waals surface area contributed by atoms with Crippen molar-refractivity contribution in [1.82, 2.24) is 4.98 Å². The summed E-state index contributed by atoms with van der Waals surface area (Å²) in [5, 5.41) is 10.2. The average molecular weight is 337 g/mol. The van der Waals surface area contributed by atoms with E-state index in [9.17, 15) is 9.90 Å². The summed E-state index contributed by atoms with van der Waals surface area (Å²) in [7, 11) is 0. The van der Waals surface area contributed by atoms with Gasteiger partial charge in [-0.05, 0) is 50.2 Å². The largest absolute Gasteiger partial charge is 0.494 e. The number of nitrogens with zero attached hydrogens (tertiary/aromatic N) is 1. The van der Waals surface area contributed by atoms with Crippen LogP contribution in [0.2, 0.25) is 0 Å². The molecule has 0 radical (unpaired) electrons. The number of carboxylic acids is 1. The molecule has 0 unspecified atom stereocenters. The van der Waals surface area contributed by atoms with Crippen molar-refractivity contribution in [3.8, 4) is 22.8 Å². The maximum Gasteiger partial charge on any atom is 0.336 e. The number of carbonyl (C=O) groups is 1. The van der Waals surface area contributed by atoms with Gasteiger partial charge in [0.25, 0.3) is 0 Å². The molecule has 0 bridgehead atoms. The minimum atomic E-state index is -0.997. The predicted molar refractivity (Wildman–Crippen MR) is 96.5 cm³/mol. The zero-order valence-electron chi connectivity index (χ0n) is 14.2. The lowest BCUT2D eigenvalue weighted by Gasteiger charge is -2.10. The third-order valence-corrected chi connectivity index (χ3v) is 3.76. The second-order valence-electron chi connectivity index (χ2n) is 5.43. The highest BCUT2D eigenvalue weighted by Gasteiger charge is 2.14. The van der Waals surface area contributed by atoms with E-state index in [0.717, 1.165) is 11.3 Å². The molecular weight excluding hydrogens is 318 g/mol. The molecule has 1 heterocycles. The van der Waals surface area contributed by atoms with Gasteiger partial charge in [-0.2, -0.15) is 0 Å². The third kappa shape index (κ3) is 3.55. The van der Waals surface area contributed by atoms with E-state index in [2.05, 4.69) is 4.98 Å². The van der Waals surface area contributed by atoms with Crippen LogP contribution in [0.5, 0.6) is 11.5 Å². The third-order valence-electron chi connectivity index (χ3n) is 3.76. The van der Waals surface area contributed by atoms with E-state index in [-0.39, 0.29) is 5.56 Å². The Morgan fingerprint density at radius 3 is 2.40 bits per heavy atom. The summed E-state index contributed by atoms with van der Waals surface area (Å²) in [5.74, 6) is 0.360. The Bertz CT molecular complexity index is 921. The fourth-order valence-corrected chi connectivity index (χ4v) is 2.70. The number of rotatable bonds is 6. The topological polar surface area (TPSA) is 68.7 Å². The molecule has 1 N–H and O–H groups in total. The first-order valence-electron chi connectivity index (χ1n) is 8.16. The second kappa shape index (κ2) is 7.21.